The predicted octanol–water partition coefficient (Wildman–Crippen LogP) is 5.16. The summed E-state index contributed by atoms with van der Waals surface area (Å²) in [7, 11) is 0. The Morgan fingerprint density at radius 2 is 1.03 bits per heavy atom. The normalized spacial score (nSPS) is 12.7. The smallest absolute Gasteiger partial charge is 0.260 e. The summed E-state index contributed by atoms with van der Waals surface area (Å²) >= 11 is 0. The van der Waals surface area contributed by atoms with Gasteiger partial charge in [0.25, 0.3) is 6.71 Å². The molecule has 0 saturated carbocycles. The van der Waals surface area contributed by atoms with Gasteiger partial charge in [-0.25, -0.2) is 0 Å². The highest BCUT2D eigenvalue weighted by Gasteiger charge is 2.40. The molecule has 166 valence electrons. The monoisotopic (exact) mass is 452 g/mol. The molecule has 0 amide bonds. The molecular formula is C30H21BN2O2. The number of pyridine rings is 2. The van der Waals surface area contributed by atoms with E-state index >= 15 is 0 Å². The molecule has 0 aliphatic carbocycles. The summed E-state index contributed by atoms with van der Waals surface area (Å²) in [5.41, 5.74) is 9.88. The molecular weight excluding hydrogens is 431 g/mol. The van der Waals surface area contributed by atoms with Gasteiger partial charge in [0, 0.05) is 29.2 Å². The Morgan fingerprint density at radius 1 is 0.543 bits per heavy atom. The minimum atomic E-state index is 0.0511. The highest BCUT2D eigenvalue weighted by Crippen LogP contribution is 2.37. The SMILES string of the molecule is Cc1cc(-c2ccc3c(c2)Oc2cccc4c2B3c2ccc(-c3ccnc(C)c3)cc2O4)ccn1. The van der Waals surface area contributed by atoms with E-state index in [0.29, 0.717) is 0 Å². The highest BCUT2D eigenvalue weighted by atomic mass is 16.5. The Labute approximate surface area is 204 Å². The Balaban J connectivity index is 1.38. The third kappa shape index (κ3) is 3.23. The molecule has 0 fully saturated rings. The number of aromatic nitrogens is 2. The van der Waals surface area contributed by atoms with Crippen LogP contribution in [0.4, 0.5) is 0 Å². The van der Waals surface area contributed by atoms with Crippen LogP contribution in [0, 0.1) is 13.8 Å². The maximum absolute atomic E-state index is 6.44. The fourth-order valence-corrected chi connectivity index (χ4v) is 5.23. The van der Waals surface area contributed by atoms with Gasteiger partial charge < -0.3 is 9.47 Å². The third-order valence-electron chi connectivity index (χ3n) is 6.86. The van der Waals surface area contributed by atoms with E-state index < -0.39 is 0 Å². The summed E-state index contributed by atoms with van der Waals surface area (Å²) in [6.07, 6.45) is 3.70. The first-order chi connectivity index (χ1) is 17.1. The molecule has 5 aromatic rings. The topological polar surface area (TPSA) is 44.2 Å². The van der Waals surface area contributed by atoms with E-state index in [1.165, 1.54) is 0 Å². The average molecular weight is 452 g/mol. The molecule has 35 heavy (non-hydrogen) atoms. The molecule has 0 bridgehead atoms. The number of hydrogen-bond acceptors (Lipinski definition) is 4. The fraction of sp³-hybridized carbons (Fsp3) is 0.0667. The van der Waals surface area contributed by atoms with Gasteiger partial charge in [-0.15, -0.1) is 0 Å². The van der Waals surface area contributed by atoms with Gasteiger partial charge in [0.05, 0.1) is 0 Å². The standard InChI is InChI=1S/C30H21BN2O2/c1-18-14-22(10-12-32-18)20-6-8-24-28(16-20)34-26-4-3-5-27-30(26)31(24)25-9-7-21(17-29(25)35-27)23-11-13-33-19(2)15-23/h3-17H,1-2H3. The number of hydrogen-bond donors (Lipinski definition) is 0. The second-order valence-electron chi connectivity index (χ2n) is 9.18. The number of rotatable bonds is 2. The van der Waals surface area contributed by atoms with Crippen molar-refractivity contribution in [2.45, 2.75) is 13.8 Å². The highest BCUT2D eigenvalue weighted by molar-refractivity contribution is 6.98. The Morgan fingerprint density at radius 3 is 1.51 bits per heavy atom. The molecule has 0 saturated heterocycles. The van der Waals surface area contributed by atoms with Crippen LogP contribution in [0.1, 0.15) is 11.4 Å². The molecule has 4 nitrogen and oxygen atoms in total. The zero-order valence-electron chi connectivity index (χ0n) is 19.4. The summed E-state index contributed by atoms with van der Waals surface area (Å²) in [6.45, 7) is 4.07. The lowest BCUT2D eigenvalue weighted by atomic mass is 9.35. The van der Waals surface area contributed by atoms with Crippen molar-refractivity contribution < 1.29 is 9.47 Å². The van der Waals surface area contributed by atoms with E-state index in [1.54, 1.807) is 0 Å². The quantitative estimate of drug-likeness (QED) is 0.340. The Bertz CT molecular complexity index is 1530. The molecule has 0 unspecified atom stereocenters. The zero-order chi connectivity index (χ0) is 23.5. The number of nitrogens with zero attached hydrogens (tertiary/aromatic N) is 2. The van der Waals surface area contributed by atoms with Gasteiger partial charge in [-0.05, 0) is 95.6 Å². The van der Waals surface area contributed by atoms with E-state index in [-0.39, 0.29) is 6.71 Å². The molecule has 3 aromatic carbocycles. The van der Waals surface area contributed by atoms with Crippen LogP contribution in [0.25, 0.3) is 22.3 Å². The number of aryl methyl sites for hydroxylation is 2. The van der Waals surface area contributed by atoms with Crippen molar-refractivity contribution in [1.82, 2.24) is 9.97 Å². The van der Waals surface area contributed by atoms with Crippen molar-refractivity contribution in [3.63, 3.8) is 0 Å². The first-order valence-corrected chi connectivity index (χ1v) is 11.8. The largest absolute Gasteiger partial charge is 0.458 e. The molecule has 5 heteroatoms. The third-order valence-corrected chi connectivity index (χ3v) is 6.86. The van der Waals surface area contributed by atoms with Crippen LogP contribution in [0.15, 0.2) is 91.3 Å². The Hall–Kier alpha value is -4.38. The molecule has 7 rings (SSSR count). The van der Waals surface area contributed by atoms with E-state index in [0.717, 1.165) is 73.0 Å². The molecule has 2 aliphatic heterocycles. The van der Waals surface area contributed by atoms with Crippen LogP contribution in [-0.4, -0.2) is 16.7 Å². The summed E-state index contributed by atoms with van der Waals surface area (Å²) in [6, 6.07) is 27.3. The van der Waals surface area contributed by atoms with Crippen molar-refractivity contribution in [2.24, 2.45) is 0 Å². The Kier molecular flexibility index (Phi) is 4.33. The summed E-state index contributed by atoms with van der Waals surface area (Å²) in [5, 5.41) is 0. The van der Waals surface area contributed by atoms with Crippen LogP contribution in [0.3, 0.4) is 0 Å². The molecule has 2 aliphatic rings. The van der Waals surface area contributed by atoms with Crippen LogP contribution in [-0.2, 0) is 0 Å². The van der Waals surface area contributed by atoms with Crippen LogP contribution < -0.4 is 25.9 Å². The summed E-state index contributed by atoms with van der Waals surface area (Å²) < 4.78 is 12.9. The molecule has 0 radical (unpaired) electrons. The first kappa shape index (κ1) is 20.0. The van der Waals surface area contributed by atoms with E-state index in [1.807, 2.05) is 56.6 Å². The fourth-order valence-electron chi connectivity index (χ4n) is 5.23. The maximum atomic E-state index is 6.44. The summed E-state index contributed by atoms with van der Waals surface area (Å²) in [4.78, 5) is 8.67. The molecule has 4 heterocycles. The average Bonchev–Trinajstić information content (AvgIpc) is 2.88. The summed E-state index contributed by atoms with van der Waals surface area (Å²) in [5.74, 6) is 3.46. The van der Waals surface area contributed by atoms with E-state index in [4.69, 9.17) is 9.47 Å². The molecule has 0 N–H and O–H groups in total. The first-order valence-electron chi connectivity index (χ1n) is 11.8. The lowest BCUT2D eigenvalue weighted by Crippen LogP contribution is -2.57. The number of ether oxygens (including phenoxy) is 2. The lowest BCUT2D eigenvalue weighted by molar-refractivity contribution is 0.464. The van der Waals surface area contributed by atoms with Gasteiger partial charge in [-0.1, -0.05) is 30.3 Å². The second kappa shape index (κ2) is 7.57. The van der Waals surface area contributed by atoms with Crippen molar-refractivity contribution in [2.75, 3.05) is 0 Å². The minimum absolute atomic E-state index is 0.0511. The van der Waals surface area contributed by atoms with Crippen molar-refractivity contribution >= 4 is 23.1 Å². The van der Waals surface area contributed by atoms with Crippen molar-refractivity contribution in [1.29, 1.82) is 0 Å². The van der Waals surface area contributed by atoms with Crippen molar-refractivity contribution in [3.05, 3.63) is 103 Å². The van der Waals surface area contributed by atoms with E-state index in [2.05, 4.69) is 58.5 Å². The molecule has 2 aromatic heterocycles. The van der Waals surface area contributed by atoms with Gasteiger partial charge in [-0.3, -0.25) is 9.97 Å². The van der Waals surface area contributed by atoms with Crippen LogP contribution in [0.5, 0.6) is 23.0 Å². The van der Waals surface area contributed by atoms with Gasteiger partial charge in [0.1, 0.15) is 23.0 Å². The zero-order valence-corrected chi connectivity index (χ0v) is 19.4. The lowest BCUT2D eigenvalue weighted by Gasteiger charge is -2.33. The van der Waals surface area contributed by atoms with E-state index in [9.17, 15) is 0 Å². The minimum Gasteiger partial charge on any atom is -0.458 e. The van der Waals surface area contributed by atoms with Crippen LogP contribution in [0.2, 0.25) is 0 Å². The van der Waals surface area contributed by atoms with Crippen LogP contribution >= 0.6 is 0 Å². The van der Waals surface area contributed by atoms with Gasteiger partial charge in [0.2, 0.25) is 0 Å². The van der Waals surface area contributed by atoms with Crippen molar-refractivity contribution in [3.8, 4) is 45.3 Å². The van der Waals surface area contributed by atoms with Gasteiger partial charge in [-0.2, -0.15) is 0 Å². The molecule has 0 spiro atoms. The maximum Gasteiger partial charge on any atom is 0.260 e. The predicted molar refractivity (Wildman–Crippen MR) is 140 cm³/mol. The molecule has 0 atom stereocenters. The van der Waals surface area contributed by atoms with Gasteiger partial charge in [0.15, 0.2) is 0 Å². The second-order valence-corrected chi connectivity index (χ2v) is 9.18. The number of fused-ring (bicyclic) bond motifs is 4. The van der Waals surface area contributed by atoms with Gasteiger partial charge >= 0.3 is 0 Å². The number of benzene rings is 3.